The van der Waals surface area contributed by atoms with Gasteiger partial charge in [-0.25, -0.2) is 0 Å². The summed E-state index contributed by atoms with van der Waals surface area (Å²) in [7, 11) is 0. The van der Waals surface area contributed by atoms with Gasteiger partial charge in [0.25, 0.3) is 0 Å². The second kappa shape index (κ2) is 17.6. The maximum atomic E-state index is 3.94. The van der Waals surface area contributed by atoms with Crippen molar-refractivity contribution >= 4 is 17.5 Å². The van der Waals surface area contributed by atoms with E-state index in [-0.39, 0.29) is 17.6 Å². The second-order valence-corrected chi connectivity index (χ2v) is 12.5. The molecule has 3 aromatic rings. The second-order valence-electron chi connectivity index (χ2n) is 12.5. The van der Waals surface area contributed by atoms with Crippen molar-refractivity contribution in [3.63, 3.8) is 0 Å². The minimum absolute atomic E-state index is 0.0112. The van der Waals surface area contributed by atoms with Gasteiger partial charge in [0.1, 0.15) is 6.17 Å². The number of hydrogen-bond donors (Lipinski definition) is 1. The molecule has 2 atom stereocenters. The van der Waals surface area contributed by atoms with Crippen LogP contribution in [0, 0.1) is 6.92 Å². The number of aryl methyl sites for hydroxylation is 1. The van der Waals surface area contributed by atoms with Crippen LogP contribution < -0.4 is 10.2 Å². The number of rotatable bonds is 8. The van der Waals surface area contributed by atoms with E-state index in [0.29, 0.717) is 0 Å². The summed E-state index contributed by atoms with van der Waals surface area (Å²) < 4.78 is 0. The molecule has 1 heterocycles. The number of hydrogen-bond acceptors (Lipinski definition) is 2. The van der Waals surface area contributed by atoms with Crippen molar-refractivity contribution in [2.24, 2.45) is 0 Å². The van der Waals surface area contributed by atoms with E-state index in [0.717, 1.165) is 5.57 Å². The number of unbranched alkanes of at least 4 members (excludes halogenated alkanes) is 1. The molecule has 0 spiro atoms. The maximum Gasteiger partial charge on any atom is 0.126 e. The molecule has 47 heavy (non-hydrogen) atoms. The number of benzene rings is 3. The Morgan fingerprint density at radius 3 is 2.17 bits per heavy atom. The predicted octanol–water partition coefficient (Wildman–Crippen LogP) is 13.4. The van der Waals surface area contributed by atoms with Gasteiger partial charge >= 0.3 is 0 Å². The molecule has 0 bridgehead atoms. The molecule has 1 N–H and O–H groups in total. The molecule has 1 aliphatic carbocycles. The van der Waals surface area contributed by atoms with Crippen molar-refractivity contribution in [1.29, 1.82) is 0 Å². The average molecular weight is 627 g/mol. The van der Waals surface area contributed by atoms with Crippen LogP contribution in [0.1, 0.15) is 115 Å². The molecular formula is C45H58N2. The number of para-hydroxylation sites is 2. The molecule has 5 rings (SSSR count). The molecule has 248 valence electrons. The summed E-state index contributed by atoms with van der Waals surface area (Å²) >= 11 is 0. The highest BCUT2D eigenvalue weighted by molar-refractivity contribution is 5.74. The predicted molar refractivity (Wildman–Crippen MR) is 210 cm³/mol. The van der Waals surface area contributed by atoms with Gasteiger partial charge in [0.15, 0.2) is 0 Å². The highest BCUT2D eigenvalue weighted by Gasteiger charge is 2.36. The Morgan fingerprint density at radius 1 is 0.894 bits per heavy atom. The minimum Gasteiger partial charge on any atom is -0.361 e. The molecule has 2 heteroatoms. The lowest BCUT2D eigenvalue weighted by molar-refractivity contribution is 0.570. The Balaban J connectivity index is 0.000000930. The first-order valence-electron chi connectivity index (χ1n) is 17.6. The third-order valence-corrected chi connectivity index (χ3v) is 9.03. The summed E-state index contributed by atoms with van der Waals surface area (Å²) in [5, 5.41) is 3.90. The van der Waals surface area contributed by atoms with Crippen molar-refractivity contribution in [3.8, 4) is 0 Å². The summed E-state index contributed by atoms with van der Waals surface area (Å²) in [6.45, 7) is 25.6. The molecule has 3 aromatic carbocycles. The quantitative estimate of drug-likeness (QED) is 0.250. The van der Waals surface area contributed by atoms with Crippen LogP contribution in [-0.2, 0) is 5.41 Å². The number of fused-ring (bicyclic) bond motifs is 2. The van der Waals surface area contributed by atoms with Crippen LogP contribution >= 0.6 is 0 Å². The summed E-state index contributed by atoms with van der Waals surface area (Å²) in [4.78, 5) is 2.54. The van der Waals surface area contributed by atoms with E-state index in [1.54, 1.807) is 0 Å². The first-order chi connectivity index (χ1) is 22.7. The van der Waals surface area contributed by atoms with E-state index in [2.05, 4.69) is 181 Å². The Morgan fingerprint density at radius 2 is 1.53 bits per heavy atom. The Kier molecular flexibility index (Phi) is 13.9. The van der Waals surface area contributed by atoms with Gasteiger partial charge in [-0.3, -0.25) is 0 Å². The van der Waals surface area contributed by atoms with Gasteiger partial charge in [-0.05, 0) is 84.4 Å². The smallest absolute Gasteiger partial charge is 0.126 e. The van der Waals surface area contributed by atoms with Crippen molar-refractivity contribution in [2.75, 3.05) is 10.2 Å². The van der Waals surface area contributed by atoms with Crippen LogP contribution in [0.15, 0.2) is 133 Å². The zero-order valence-electron chi connectivity index (χ0n) is 30.7. The van der Waals surface area contributed by atoms with Crippen LogP contribution in [-0.4, -0.2) is 0 Å². The molecule has 0 saturated heterocycles. The summed E-state index contributed by atoms with van der Waals surface area (Å²) in [5.41, 5.74) is 12.5. The van der Waals surface area contributed by atoms with E-state index in [1.807, 2.05) is 19.9 Å². The molecule has 2 nitrogen and oxygen atoms in total. The lowest BCUT2D eigenvalue weighted by Gasteiger charge is -2.45. The van der Waals surface area contributed by atoms with Crippen LogP contribution in [0.4, 0.5) is 11.4 Å². The Hall–Kier alpha value is -4.30. The third-order valence-electron chi connectivity index (χ3n) is 9.03. The maximum absolute atomic E-state index is 3.94. The molecule has 0 aromatic heterocycles. The fourth-order valence-corrected chi connectivity index (χ4v) is 6.29. The third kappa shape index (κ3) is 8.35. The summed E-state index contributed by atoms with van der Waals surface area (Å²) in [6.07, 6.45) is 19.8. The molecule has 0 fully saturated rings. The fraction of sp³-hybridized carbons (Fsp3) is 0.333. The van der Waals surface area contributed by atoms with E-state index in [4.69, 9.17) is 0 Å². The lowest BCUT2D eigenvalue weighted by Crippen LogP contribution is -2.40. The summed E-state index contributed by atoms with van der Waals surface area (Å²) in [5.74, 6) is 0. The van der Waals surface area contributed by atoms with Gasteiger partial charge in [0, 0.05) is 16.8 Å². The zero-order valence-corrected chi connectivity index (χ0v) is 30.7. The van der Waals surface area contributed by atoms with Crippen molar-refractivity contribution in [1.82, 2.24) is 0 Å². The van der Waals surface area contributed by atoms with Gasteiger partial charge in [-0.1, -0.05) is 164 Å². The molecule has 2 aliphatic rings. The van der Waals surface area contributed by atoms with Crippen LogP contribution in [0.5, 0.6) is 0 Å². The van der Waals surface area contributed by atoms with E-state index in [9.17, 15) is 0 Å². The van der Waals surface area contributed by atoms with Crippen molar-refractivity contribution in [3.05, 3.63) is 160 Å². The highest BCUT2D eigenvalue weighted by Crippen LogP contribution is 2.47. The average Bonchev–Trinajstić information content (AvgIpc) is 3.34. The van der Waals surface area contributed by atoms with Gasteiger partial charge < -0.3 is 10.2 Å². The molecule has 0 saturated carbocycles. The van der Waals surface area contributed by atoms with Gasteiger partial charge in [0.2, 0.25) is 0 Å². The summed E-state index contributed by atoms with van der Waals surface area (Å²) in [6, 6.07) is 24.7. The number of nitrogens with one attached hydrogen (secondary N) is 1. The van der Waals surface area contributed by atoms with E-state index < -0.39 is 0 Å². The van der Waals surface area contributed by atoms with Gasteiger partial charge in [-0.15, -0.1) is 0 Å². The van der Waals surface area contributed by atoms with Crippen molar-refractivity contribution in [2.45, 2.75) is 99.7 Å². The zero-order chi connectivity index (χ0) is 34.6. The Bertz CT molecular complexity index is 1640. The Labute approximate surface area is 287 Å². The first-order valence-corrected chi connectivity index (χ1v) is 17.6. The SMILES string of the molecule is C=C/C=C(\C=C/C)C(/C=C\C)=C/C1=Cc2ccc(C3Nc4ccccc4C(C)N3c3ccccc3C)cc2C1(C)C.CC.CCCC. The molecular weight excluding hydrogens is 569 g/mol. The van der Waals surface area contributed by atoms with Crippen LogP contribution in [0.2, 0.25) is 0 Å². The fourth-order valence-electron chi connectivity index (χ4n) is 6.29. The highest BCUT2D eigenvalue weighted by atomic mass is 15.3. The van der Waals surface area contributed by atoms with Crippen LogP contribution in [0.3, 0.4) is 0 Å². The number of anilines is 2. The number of nitrogens with zero attached hydrogens (tertiary/aromatic N) is 1. The van der Waals surface area contributed by atoms with Crippen LogP contribution in [0.25, 0.3) is 6.08 Å². The minimum atomic E-state index is -0.140. The van der Waals surface area contributed by atoms with E-state index >= 15 is 0 Å². The topological polar surface area (TPSA) is 15.3 Å². The van der Waals surface area contributed by atoms with Gasteiger partial charge in [-0.2, -0.15) is 0 Å². The first kappa shape index (κ1) is 37.2. The largest absolute Gasteiger partial charge is 0.361 e. The number of allylic oxidation sites excluding steroid dienone is 10. The van der Waals surface area contributed by atoms with Gasteiger partial charge in [0.05, 0.1) is 6.04 Å². The van der Waals surface area contributed by atoms with E-state index in [1.165, 1.54) is 63.2 Å². The molecule has 0 radical (unpaired) electrons. The molecule has 1 aliphatic heterocycles. The monoisotopic (exact) mass is 626 g/mol. The lowest BCUT2D eigenvalue weighted by atomic mass is 9.79. The molecule has 0 amide bonds. The normalized spacial score (nSPS) is 18.3. The van der Waals surface area contributed by atoms with Crippen molar-refractivity contribution < 1.29 is 0 Å². The standard InChI is InChI=1S/C39H42N2.C4H10.C2H6/c1-8-15-29(16-9-2)30(17-10-3)24-33-25-31-22-23-32(26-35(31)39(33,6)7)38-40-36-20-13-12-19-34(36)28(5)41(38)37-21-14-11-18-27(37)4;1-3-4-2;1-2/h8-26,28,38,40H,1H2,2-7H3;3-4H2,1-2H3;1-2H3/b16-9-,17-10-,29-15+,30-24+;;. The molecule has 2 unspecified atom stereocenters.